The lowest BCUT2D eigenvalue weighted by molar-refractivity contribution is 0.170. The molecule has 0 spiro atoms. The zero-order valence-corrected chi connectivity index (χ0v) is 5.40. The average Bonchev–Trinajstić information content (AvgIpc) is 1.81. The highest BCUT2D eigenvalue weighted by atomic mass is 35.5. The van der Waals surface area contributed by atoms with Crippen LogP contribution in [-0.4, -0.2) is 19.8 Å². The molecule has 0 saturated carbocycles. The summed E-state index contributed by atoms with van der Waals surface area (Å²) < 4.78 is 4.93. The maximum absolute atomic E-state index is 5.19. The lowest BCUT2D eigenvalue weighted by atomic mass is 10.7. The Morgan fingerprint density at radius 1 is 1.62 bits per heavy atom. The number of hydrogen-bond donors (Lipinski definition) is 1. The second kappa shape index (κ2) is 6.95. The second-order valence-corrected chi connectivity index (χ2v) is 1.48. The number of ether oxygens (including phenoxy) is 1. The normalized spacial score (nSPS) is 10.8. The molecule has 0 aromatic heterocycles. The van der Waals surface area contributed by atoms with Gasteiger partial charge >= 0.3 is 0 Å². The van der Waals surface area contributed by atoms with Gasteiger partial charge in [-0.2, -0.15) is 0 Å². The fourth-order valence-electron chi connectivity index (χ4n) is 0.271. The Hall–Kier alpha value is -0.0500. The number of halogens is 1. The standard InChI is InChI=1S/C5H10ClNO/c6-2-1-4-8-5-3-7/h1-2H,3-5,7H2. The summed E-state index contributed by atoms with van der Waals surface area (Å²) in [5, 5.41) is 0. The van der Waals surface area contributed by atoms with Crippen LogP contribution in [0.15, 0.2) is 11.6 Å². The van der Waals surface area contributed by atoms with Crippen LogP contribution in [-0.2, 0) is 4.74 Å². The third-order valence-electron chi connectivity index (χ3n) is 0.565. The summed E-state index contributed by atoms with van der Waals surface area (Å²) in [6.45, 7) is 1.72. The van der Waals surface area contributed by atoms with Crippen molar-refractivity contribution in [3.8, 4) is 0 Å². The first kappa shape index (κ1) is 7.95. The lowest BCUT2D eigenvalue weighted by Crippen LogP contribution is -2.07. The van der Waals surface area contributed by atoms with E-state index < -0.39 is 0 Å². The van der Waals surface area contributed by atoms with E-state index in [-0.39, 0.29) is 0 Å². The van der Waals surface area contributed by atoms with E-state index in [4.69, 9.17) is 22.1 Å². The Kier molecular flexibility index (Phi) is 6.91. The van der Waals surface area contributed by atoms with Crippen LogP contribution >= 0.6 is 11.6 Å². The van der Waals surface area contributed by atoms with Gasteiger partial charge in [-0.25, -0.2) is 0 Å². The maximum Gasteiger partial charge on any atom is 0.0659 e. The molecule has 0 unspecified atom stereocenters. The Labute approximate surface area is 54.3 Å². The number of hydrogen-bond acceptors (Lipinski definition) is 2. The molecule has 48 valence electrons. The zero-order valence-electron chi connectivity index (χ0n) is 4.64. The van der Waals surface area contributed by atoms with Crippen LogP contribution < -0.4 is 5.73 Å². The Morgan fingerprint density at radius 3 is 2.88 bits per heavy atom. The van der Waals surface area contributed by atoms with Crippen molar-refractivity contribution in [1.82, 2.24) is 0 Å². The van der Waals surface area contributed by atoms with E-state index in [9.17, 15) is 0 Å². The van der Waals surface area contributed by atoms with E-state index >= 15 is 0 Å². The van der Waals surface area contributed by atoms with Gasteiger partial charge in [-0.3, -0.25) is 0 Å². The number of rotatable bonds is 4. The Morgan fingerprint density at radius 2 is 2.38 bits per heavy atom. The first-order valence-electron chi connectivity index (χ1n) is 2.45. The predicted octanol–water partition coefficient (Wildman–Crippen LogP) is 0.714. The molecule has 0 aromatic rings. The van der Waals surface area contributed by atoms with Crippen LogP contribution in [0.3, 0.4) is 0 Å². The van der Waals surface area contributed by atoms with E-state index in [1.165, 1.54) is 5.54 Å². The minimum Gasteiger partial charge on any atom is -0.376 e. The fraction of sp³-hybridized carbons (Fsp3) is 0.600. The van der Waals surface area contributed by atoms with Crippen molar-refractivity contribution in [1.29, 1.82) is 0 Å². The van der Waals surface area contributed by atoms with Crippen molar-refractivity contribution in [3.63, 3.8) is 0 Å². The molecule has 0 fully saturated rings. The van der Waals surface area contributed by atoms with Crippen LogP contribution in [0.5, 0.6) is 0 Å². The van der Waals surface area contributed by atoms with E-state index in [2.05, 4.69) is 0 Å². The summed E-state index contributed by atoms with van der Waals surface area (Å²) in [4.78, 5) is 0. The van der Waals surface area contributed by atoms with Crippen molar-refractivity contribution in [2.45, 2.75) is 0 Å². The minimum absolute atomic E-state index is 0.556. The lowest BCUT2D eigenvalue weighted by Gasteiger charge is -1.93. The van der Waals surface area contributed by atoms with Crippen molar-refractivity contribution < 1.29 is 4.74 Å². The van der Waals surface area contributed by atoms with Crippen molar-refractivity contribution in [2.24, 2.45) is 5.73 Å². The predicted molar refractivity (Wildman–Crippen MR) is 34.9 cm³/mol. The molecule has 2 nitrogen and oxygen atoms in total. The molecule has 8 heavy (non-hydrogen) atoms. The van der Waals surface area contributed by atoms with Gasteiger partial charge < -0.3 is 10.5 Å². The molecule has 2 N–H and O–H groups in total. The van der Waals surface area contributed by atoms with E-state index in [0.717, 1.165) is 0 Å². The Bertz CT molecular complexity index is 65.4. The molecule has 0 heterocycles. The van der Waals surface area contributed by atoms with Gasteiger partial charge in [0.25, 0.3) is 0 Å². The summed E-state index contributed by atoms with van der Waals surface area (Å²) in [6.07, 6.45) is 1.72. The molecule has 0 rings (SSSR count). The Balaban J connectivity index is 2.72. The molecule has 0 aromatic carbocycles. The molecule has 3 heteroatoms. The van der Waals surface area contributed by atoms with Gasteiger partial charge in [0.15, 0.2) is 0 Å². The average molecular weight is 136 g/mol. The highest BCUT2D eigenvalue weighted by Crippen LogP contribution is 1.78. The van der Waals surface area contributed by atoms with Gasteiger partial charge in [0.05, 0.1) is 13.2 Å². The van der Waals surface area contributed by atoms with E-state index in [1.807, 2.05) is 0 Å². The molecule has 0 aliphatic rings. The monoisotopic (exact) mass is 135 g/mol. The third-order valence-corrected chi connectivity index (χ3v) is 0.744. The van der Waals surface area contributed by atoms with Gasteiger partial charge in [0.1, 0.15) is 0 Å². The van der Waals surface area contributed by atoms with Gasteiger partial charge in [0, 0.05) is 12.1 Å². The summed E-state index contributed by atoms with van der Waals surface area (Å²) in [5.74, 6) is 0. The molecule has 0 bridgehead atoms. The molecular weight excluding hydrogens is 126 g/mol. The first-order valence-corrected chi connectivity index (χ1v) is 2.88. The summed E-state index contributed by atoms with van der Waals surface area (Å²) in [6, 6.07) is 0. The quantitative estimate of drug-likeness (QED) is 0.577. The van der Waals surface area contributed by atoms with Crippen LogP contribution in [0.1, 0.15) is 0 Å². The highest BCUT2D eigenvalue weighted by Gasteiger charge is 1.76. The SMILES string of the molecule is NCCOCC=CCl. The van der Waals surface area contributed by atoms with Crippen molar-refractivity contribution in [2.75, 3.05) is 19.8 Å². The fourth-order valence-corrected chi connectivity index (χ4v) is 0.344. The first-order chi connectivity index (χ1) is 3.91. The van der Waals surface area contributed by atoms with E-state index in [1.54, 1.807) is 6.08 Å². The van der Waals surface area contributed by atoms with Crippen LogP contribution in [0, 0.1) is 0 Å². The summed E-state index contributed by atoms with van der Waals surface area (Å²) >= 11 is 5.19. The van der Waals surface area contributed by atoms with Crippen LogP contribution in [0.2, 0.25) is 0 Å². The second-order valence-electron chi connectivity index (χ2n) is 1.23. The molecular formula is C5H10ClNO. The van der Waals surface area contributed by atoms with Crippen LogP contribution in [0.4, 0.5) is 0 Å². The number of nitrogens with two attached hydrogens (primary N) is 1. The molecule has 0 radical (unpaired) electrons. The zero-order chi connectivity index (χ0) is 6.24. The molecule has 0 aliphatic carbocycles. The molecule has 0 saturated heterocycles. The van der Waals surface area contributed by atoms with Gasteiger partial charge in [-0.15, -0.1) is 0 Å². The summed E-state index contributed by atoms with van der Waals surface area (Å²) in [5.41, 5.74) is 6.56. The summed E-state index contributed by atoms with van der Waals surface area (Å²) in [7, 11) is 0. The third kappa shape index (κ3) is 5.95. The molecule has 0 amide bonds. The van der Waals surface area contributed by atoms with Gasteiger partial charge in [-0.05, 0) is 6.08 Å². The molecule has 0 aliphatic heterocycles. The topological polar surface area (TPSA) is 35.2 Å². The van der Waals surface area contributed by atoms with Crippen molar-refractivity contribution in [3.05, 3.63) is 11.6 Å². The largest absolute Gasteiger partial charge is 0.376 e. The van der Waals surface area contributed by atoms with Crippen LogP contribution in [0.25, 0.3) is 0 Å². The smallest absolute Gasteiger partial charge is 0.0659 e. The highest BCUT2D eigenvalue weighted by molar-refractivity contribution is 6.25. The maximum atomic E-state index is 5.19. The molecule has 0 atom stereocenters. The van der Waals surface area contributed by atoms with Crippen molar-refractivity contribution >= 4 is 11.6 Å². The van der Waals surface area contributed by atoms with Gasteiger partial charge in [0.2, 0.25) is 0 Å². The minimum atomic E-state index is 0.556. The van der Waals surface area contributed by atoms with Gasteiger partial charge in [-0.1, -0.05) is 11.6 Å². The van der Waals surface area contributed by atoms with E-state index in [0.29, 0.717) is 19.8 Å².